The van der Waals surface area contributed by atoms with Crippen molar-refractivity contribution in [3.8, 4) is 0 Å². The number of hydrogen-bond acceptors (Lipinski definition) is 3. The summed E-state index contributed by atoms with van der Waals surface area (Å²) in [5, 5.41) is 14.5. The van der Waals surface area contributed by atoms with Gasteiger partial charge in [0.2, 0.25) is 0 Å². The first-order valence-corrected chi connectivity index (χ1v) is 9.13. The zero-order chi connectivity index (χ0) is 20.5. The molecule has 0 aliphatic rings. The van der Waals surface area contributed by atoms with Crippen LogP contribution in [-0.4, -0.2) is 25.8 Å². The zero-order valence-electron chi connectivity index (χ0n) is 15.0. The van der Waals surface area contributed by atoms with Gasteiger partial charge in [0, 0.05) is 23.0 Å². The second-order valence-corrected chi connectivity index (χ2v) is 7.06. The van der Waals surface area contributed by atoms with Crippen LogP contribution in [0, 0.1) is 5.82 Å². The molecule has 6 nitrogen and oxygen atoms in total. The molecule has 0 saturated heterocycles. The van der Waals surface area contributed by atoms with Gasteiger partial charge in [-0.1, -0.05) is 29.8 Å². The molecule has 2 heterocycles. The second-order valence-electron chi connectivity index (χ2n) is 6.62. The molecule has 0 aliphatic heterocycles. The molecular formula is C21H15ClFN3O3. The van der Waals surface area contributed by atoms with Gasteiger partial charge in [-0.15, -0.1) is 0 Å². The number of hydrogen-bond donors (Lipinski definition) is 2. The first-order valence-electron chi connectivity index (χ1n) is 8.75. The maximum Gasteiger partial charge on any atom is 0.341 e. The van der Waals surface area contributed by atoms with Crippen LogP contribution in [-0.2, 0) is 13.0 Å². The van der Waals surface area contributed by atoms with E-state index < -0.39 is 11.5 Å². The molecule has 8 heteroatoms. The summed E-state index contributed by atoms with van der Waals surface area (Å²) in [6.45, 7) is 0.302. The average molecular weight is 412 g/mol. The lowest BCUT2D eigenvalue weighted by atomic mass is 10.1. The van der Waals surface area contributed by atoms with Gasteiger partial charge in [-0.3, -0.25) is 9.48 Å². The minimum absolute atomic E-state index is 0.283. The first kappa shape index (κ1) is 18.9. The molecule has 2 aromatic heterocycles. The number of halogens is 2. The number of nitrogens with one attached hydrogen (secondary N) is 1. The number of pyridine rings is 1. The summed E-state index contributed by atoms with van der Waals surface area (Å²) in [5.41, 5.74) is 1.39. The summed E-state index contributed by atoms with van der Waals surface area (Å²) in [6, 6.07) is 12.9. The summed E-state index contributed by atoms with van der Waals surface area (Å²) in [5.74, 6) is -1.59. The van der Waals surface area contributed by atoms with Gasteiger partial charge < -0.3 is 10.1 Å². The smallest absolute Gasteiger partial charge is 0.341 e. The van der Waals surface area contributed by atoms with Crippen molar-refractivity contribution >= 4 is 28.5 Å². The highest BCUT2D eigenvalue weighted by Crippen LogP contribution is 2.23. The van der Waals surface area contributed by atoms with Crippen LogP contribution >= 0.6 is 11.6 Å². The van der Waals surface area contributed by atoms with Crippen LogP contribution in [0.5, 0.6) is 0 Å². The largest absolute Gasteiger partial charge is 0.477 e. The number of H-pyrrole nitrogens is 1. The van der Waals surface area contributed by atoms with Crippen molar-refractivity contribution < 1.29 is 14.3 Å². The molecule has 0 amide bonds. The number of benzene rings is 2. The fourth-order valence-corrected chi connectivity index (χ4v) is 3.48. The third-order valence-corrected chi connectivity index (χ3v) is 4.80. The number of aromatic carboxylic acids is 1. The Bertz CT molecular complexity index is 1300. The maximum absolute atomic E-state index is 13.9. The van der Waals surface area contributed by atoms with Crippen molar-refractivity contribution in [2.75, 3.05) is 0 Å². The number of aromatic amines is 1. The van der Waals surface area contributed by atoms with Gasteiger partial charge in [0.1, 0.15) is 11.4 Å². The number of aromatic nitrogens is 3. The van der Waals surface area contributed by atoms with Crippen LogP contribution in [0.4, 0.5) is 4.39 Å². The Morgan fingerprint density at radius 1 is 1.17 bits per heavy atom. The highest BCUT2D eigenvalue weighted by molar-refractivity contribution is 6.31. The minimum atomic E-state index is -1.31. The highest BCUT2D eigenvalue weighted by Gasteiger charge is 2.14. The van der Waals surface area contributed by atoms with E-state index in [2.05, 4.69) is 10.1 Å². The molecule has 0 radical (unpaired) electrons. The minimum Gasteiger partial charge on any atom is -0.477 e. The molecule has 0 bridgehead atoms. The molecule has 0 saturated carbocycles. The van der Waals surface area contributed by atoms with Crippen LogP contribution in [0.25, 0.3) is 10.9 Å². The number of carboxylic acid groups (broad SMARTS) is 1. The monoisotopic (exact) mass is 411 g/mol. The molecule has 0 atom stereocenters. The standard InChI is InChI=1S/C21H15ClFN3O3/c22-15-7-13-10-17(21(28)29)20(27)24-19(13)14(8-15)11-26-6-5-16(25-26)9-12-3-1-2-4-18(12)23/h1-8,10H,9,11H2,(H,24,27)(H,28,29). The van der Waals surface area contributed by atoms with Gasteiger partial charge in [0.15, 0.2) is 0 Å². The summed E-state index contributed by atoms with van der Waals surface area (Å²) in [7, 11) is 0. The van der Waals surface area contributed by atoms with E-state index in [1.54, 1.807) is 47.3 Å². The predicted molar refractivity (Wildman–Crippen MR) is 107 cm³/mol. The van der Waals surface area contributed by atoms with E-state index in [0.29, 0.717) is 45.7 Å². The third kappa shape index (κ3) is 3.90. The lowest BCUT2D eigenvalue weighted by molar-refractivity contribution is 0.0695. The molecule has 4 rings (SSSR count). The fourth-order valence-electron chi connectivity index (χ4n) is 3.24. The molecule has 0 spiro atoms. The van der Waals surface area contributed by atoms with Crippen LogP contribution in [0.1, 0.15) is 27.2 Å². The van der Waals surface area contributed by atoms with Crippen LogP contribution in [0.3, 0.4) is 0 Å². The molecule has 146 valence electrons. The summed E-state index contributed by atoms with van der Waals surface area (Å²) < 4.78 is 15.5. The van der Waals surface area contributed by atoms with E-state index in [-0.39, 0.29) is 11.4 Å². The second kappa shape index (κ2) is 7.52. The third-order valence-electron chi connectivity index (χ3n) is 4.59. The molecular weight excluding hydrogens is 397 g/mol. The van der Waals surface area contributed by atoms with E-state index >= 15 is 0 Å². The molecule has 0 aliphatic carbocycles. The normalized spacial score (nSPS) is 11.1. The topological polar surface area (TPSA) is 88.0 Å². The highest BCUT2D eigenvalue weighted by atomic mass is 35.5. The van der Waals surface area contributed by atoms with E-state index in [9.17, 15) is 14.0 Å². The van der Waals surface area contributed by atoms with Crippen molar-refractivity contribution in [3.05, 3.63) is 98.3 Å². The first-order chi connectivity index (χ1) is 13.9. The van der Waals surface area contributed by atoms with Gasteiger partial charge in [0.25, 0.3) is 5.56 Å². The molecule has 2 N–H and O–H groups in total. The van der Waals surface area contributed by atoms with Gasteiger partial charge in [-0.25, -0.2) is 9.18 Å². The number of rotatable bonds is 5. The van der Waals surface area contributed by atoms with Gasteiger partial charge >= 0.3 is 5.97 Å². The Morgan fingerprint density at radius 2 is 1.97 bits per heavy atom. The molecule has 2 aromatic carbocycles. The molecule has 0 unspecified atom stereocenters. The van der Waals surface area contributed by atoms with Crippen LogP contribution in [0.15, 0.2) is 59.5 Å². The van der Waals surface area contributed by atoms with Crippen molar-refractivity contribution in [2.24, 2.45) is 0 Å². The summed E-state index contributed by atoms with van der Waals surface area (Å²) >= 11 is 6.18. The van der Waals surface area contributed by atoms with Gasteiger partial charge in [-0.05, 0) is 41.5 Å². The van der Waals surface area contributed by atoms with Crippen molar-refractivity contribution in [1.82, 2.24) is 14.8 Å². The number of carboxylic acids is 1. The average Bonchev–Trinajstić information content (AvgIpc) is 3.10. The Labute approximate surface area is 169 Å². The fraction of sp³-hybridized carbons (Fsp3) is 0.0952. The zero-order valence-corrected chi connectivity index (χ0v) is 15.8. The Morgan fingerprint density at radius 3 is 2.72 bits per heavy atom. The summed E-state index contributed by atoms with van der Waals surface area (Å²) in [6.07, 6.45) is 2.11. The lowest BCUT2D eigenvalue weighted by Crippen LogP contribution is -2.18. The SMILES string of the molecule is O=C(O)c1cc2cc(Cl)cc(Cn3ccc(Cc4ccccc4F)n3)c2[nH]c1=O. The summed E-state index contributed by atoms with van der Waals surface area (Å²) in [4.78, 5) is 25.9. The Balaban J connectivity index is 1.67. The lowest BCUT2D eigenvalue weighted by Gasteiger charge is -2.09. The Kier molecular flexibility index (Phi) is 4.90. The van der Waals surface area contributed by atoms with Crippen molar-refractivity contribution in [3.63, 3.8) is 0 Å². The molecule has 29 heavy (non-hydrogen) atoms. The molecule has 0 fully saturated rings. The van der Waals surface area contributed by atoms with E-state index in [0.717, 1.165) is 0 Å². The van der Waals surface area contributed by atoms with E-state index in [1.807, 2.05) is 0 Å². The number of carbonyl (C=O) groups is 1. The quantitative estimate of drug-likeness (QED) is 0.522. The van der Waals surface area contributed by atoms with Crippen LogP contribution in [0.2, 0.25) is 5.02 Å². The van der Waals surface area contributed by atoms with Gasteiger partial charge in [-0.2, -0.15) is 5.10 Å². The van der Waals surface area contributed by atoms with Gasteiger partial charge in [0.05, 0.1) is 17.8 Å². The van der Waals surface area contributed by atoms with E-state index in [4.69, 9.17) is 16.7 Å². The number of fused-ring (bicyclic) bond motifs is 1. The predicted octanol–water partition coefficient (Wildman–Crippen LogP) is 3.85. The molecule has 4 aromatic rings. The van der Waals surface area contributed by atoms with Crippen molar-refractivity contribution in [1.29, 1.82) is 0 Å². The van der Waals surface area contributed by atoms with Crippen molar-refractivity contribution in [2.45, 2.75) is 13.0 Å². The van der Waals surface area contributed by atoms with E-state index in [1.165, 1.54) is 12.1 Å². The van der Waals surface area contributed by atoms with Crippen LogP contribution < -0.4 is 5.56 Å². The maximum atomic E-state index is 13.9. The number of nitrogens with zero attached hydrogens (tertiary/aromatic N) is 2. The Hall–Kier alpha value is -3.45.